The Bertz CT molecular complexity index is 1120. The number of hydroxylamine groups is 1. The average molecular weight is 439 g/mol. The molecule has 3 aromatic carbocycles. The normalized spacial score (nSPS) is 23.2. The van der Waals surface area contributed by atoms with Crippen LogP contribution in [0.2, 0.25) is 10.0 Å². The van der Waals surface area contributed by atoms with E-state index in [1.807, 2.05) is 42.5 Å². The summed E-state index contributed by atoms with van der Waals surface area (Å²) in [6.07, 6.45) is -0.919. The van der Waals surface area contributed by atoms with Gasteiger partial charge in [-0.3, -0.25) is 14.4 Å². The number of imide groups is 1. The van der Waals surface area contributed by atoms with Crippen LogP contribution in [-0.2, 0) is 14.4 Å². The lowest BCUT2D eigenvalue weighted by Gasteiger charge is -2.28. The van der Waals surface area contributed by atoms with Gasteiger partial charge in [-0.1, -0.05) is 53.5 Å². The minimum atomic E-state index is -0.919. The summed E-state index contributed by atoms with van der Waals surface area (Å²) >= 11 is 12.2. The number of carbonyl (C=O) groups excluding carboxylic acids is 2. The summed E-state index contributed by atoms with van der Waals surface area (Å²) in [4.78, 5) is 33.9. The highest BCUT2D eigenvalue weighted by Crippen LogP contribution is 2.47. The number of anilines is 2. The third-order valence-corrected chi connectivity index (χ3v) is 5.89. The van der Waals surface area contributed by atoms with Gasteiger partial charge in [-0.25, -0.2) is 9.96 Å². The summed E-state index contributed by atoms with van der Waals surface area (Å²) in [7, 11) is 0. The predicted octanol–water partition coefficient (Wildman–Crippen LogP) is 5.04. The van der Waals surface area contributed by atoms with E-state index >= 15 is 0 Å². The summed E-state index contributed by atoms with van der Waals surface area (Å²) in [5, 5.41) is 2.73. The molecule has 0 N–H and O–H groups in total. The van der Waals surface area contributed by atoms with E-state index in [2.05, 4.69) is 0 Å². The Kier molecular flexibility index (Phi) is 4.74. The smallest absolute Gasteiger partial charge is 0.266 e. The lowest BCUT2D eigenvalue weighted by atomic mass is 9.90. The number of benzene rings is 3. The van der Waals surface area contributed by atoms with Crippen LogP contribution in [0.4, 0.5) is 11.4 Å². The Morgan fingerprint density at radius 1 is 0.733 bits per heavy atom. The van der Waals surface area contributed by atoms with Crippen molar-refractivity contribution < 1.29 is 14.4 Å². The summed E-state index contributed by atoms with van der Waals surface area (Å²) in [5.74, 6) is -1.40. The van der Waals surface area contributed by atoms with E-state index in [-0.39, 0.29) is 5.91 Å². The molecule has 2 aliphatic rings. The van der Waals surface area contributed by atoms with Crippen molar-refractivity contribution in [3.05, 3.63) is 94.5 Å². The Labute approximate surface area is 183 Å². The fraction of sp³-hybridized carbons (Fsp3) is 0.130. The molecule has 0 radical (unpaired) electrons. The molecule has 0 spiro atoms. The van der Waals surface area contributed by atoms with Gasteiger partial charge in [-0.15, -0.1) is 0 Å². The Morgan fingerprint density at radius 2 is 1.47 bits per heavy atom. The number of amides is 2. The second kappa shape index (κ2) is 7.43. The van der Waals surface area contributed by atoms with Crippen molar-refractivity contribution in [2.45, 2.75) is 12.1 Å². The largest absolute Gasteiger partial charge is 0.273 e. The van der Waals surface area contributed by atoms with Gasteiger partial charge >= 0.3 is 0 Å². The molecular formula is C23H16Cl2N2O3. The number of halogens is 2. The van der Waals surface area contributed by atoms with Crippen LogP contribution in [0, 0.1) is 5.92 Å². The van der Waals surface area contributed by atoms with Gasteiger partial charge in [0.15, 0.2) is 6.10 Å². The zero-order valence-corrected chi connectivity index (χ0v) is 17.1. The molecule has 0 bridgehead atoms. The number of nitrogens with zero attached hydrogens (tertiary/aromatic N) is 2. The highest BCUT2D eigenvalue weighted by Gasteiger charge is 2.60. The molecule has 5 rings (SSSR count). The van der Waals surface area contributed by atoms with Crippen molar-refractivity contribution in [1.82, 2.24) is 0 Å². The third kappa shape index (κ3) is 3.06. The molecule has 3 aromatic rings. The molecule has 5 nitrogen and oxygen atoms in total. The molecule has 2 fully saturated rings. The highest BCUT2D eigenvalue weighted by molar-refractivity contribution is 6.31. The maximum atomic E-state index is 13.5. The van der Waals surface area contributed by atoms with Gasteiger partial charge in [0.2, 0.25) is 5.91 Å². The van der Waals surface area contributed by atoms with Crippen LogP contribution in [0.5, 0.6) is 0 Å². The first-order valence-corrected chi connectivity index (χ1v) is 10.2. The van der Waals surface area contributed by atoms with Crippen LogP contribution in [-0.4, -0.2) is 17.9 Å². The van der Waals surface area contributed by atoms with Crippen LogP contribution < -0.4 is 9.96 Å². The third-order valence-electron chi connectivity index (χ3n) is 5.40. The van der Waals surface area contributed by atoms with Crippen LogP contribution >= 0.6 is 23.2 Å². The summed E-state index contributed by atoms with van der Waals surface area (Å²) in [6.45, 7) is 0. The maximum Gasteiger partial charge on any atom is 0.266 e. The maximum absolute atomic E-state index is 13.5. The highest BCUT2D eigenvalue weighted by atomic mass is 35.5. The van der Waals surface area contributed by atoms with E-state index in [4.69, 9.17) is 28.0 Å². The summed E-state index contributed by atoms with van der Waals surface area (Å²) in [5.41, 5.74) is 2.04. The van der Waals surface area contributed by atoms with E-state index < -0.39 is 24.0 Å². The average Bonchev–Trinajstić information content (AvgIpc) is 3.26. The van der Waals surface area contributed by atoms with Gasteiger partial charge in [-0.05, 0) is 54.1 Å². The Morgan fingerprint density at radius 3 is 2.17 bits per heavy atom. The molecule has 2 amide bonds. The minimum Gasteiger partial charge on any atom is -0.273 e. The number of hydrogen-bond donors (Lipinski definition) is 0. The zero-order chi connectivity index (χ0) is 20.8. The lowest BCUT2D eigenvalue weighted by Crippen LogP contribution is -2.37. The van der Waals surface area contributed by atoms with Crippen LogP contribution in [0.3, 0.4) is 0 Å². The van der Waals surface area contributed by atoms with Crippen molar-refractivity contribution in [2.24, 2.45) is 5.92 Å². The van der Waals surface area contributed by atoms with Crippen LogP contribution in [0.1, 0.15) is 11.6 Å². The van der Waals surface area contributed by atoms with Gasteiger partial charge < -0.3 is 0 Å². The molecular weight excluding hydrogens is 423 g/mol. The van der Waals surface area contributed by atoms with E-state index in [1.54, 1.807) is 41.5 Å². The quantitative estimate of drug-likeness (QED) is 0.537. The first-order chi connectivity index (χ1) is 14.5. The van der Waals surface area contributed by atoms with Crippen molar-refractivity contribution >= 4 is 46.4 Å². The SMILES string of the molecule is O=C1C2ON(c3ccccc3)C(c3cccc(Cl)c3)C2C(=O)N1c1ccc(Cl)cc1. The van der Waals surface area contributed by atoms with Crippen molar-refractivity contribution in [3.63, 3.8) is 0 Å². The first-order valence-electron chi connectivity index (χ1n) is 9.44. The number of carbonyl (C=O) groups is 2. The second-order valence-electron chi connectivity index (χ2n) is 7.20. The molecule has 2 aliphatic heterocycles. The van der Waals surface area contributed by atoms with Crippen molar-refractivity contribution in [3.8, 4) is 0 Å². The standard InChI is InChI=1S/C23H16Cl2N2O3/c24-15-9-11-17(12-10-15)26-22(28)19-20(14-5-4-6-16(25)13-14)27(30-21(19)23(26)29)18-7-2-1-3-8-18/h1-13,19-21H. The predicted molar refractivity (Wildman–Crippen MR) is 115 cm³/mol. The molecule has 0 saturated carbocycles. The van der Waals surface area contributed by atoms with Gasteiger partial charge in [0.05, 0.1) is 17.4 Å². The molecule has 3 atom stereocenters. The number of para-hydroxylation sites is 1. The minimum absolute atomic E-state index is 0.310. The topological polar surface area (TPSA) is 49.9 Å². The van der Waals surface area contributed by atoms with Gasteiger partial charge in [0.25, 0.3) is 5.91 Å². The molecule has 2 saturated heterocycles. The van der Waals surface area contributed by atoms with E-state index in [0.29, 0.717) is 15.7 Å². The first kappa shape index (κ1) is 19.1. The Balaban J connectivity index is 1.59. The Hall–Kier alpha value is -2.86. The molecule has 0 aromatic heterocycles. The number of hydrogen-bond acceptors (Lipinski definition) is 4. The van der Waals surface area contributed by atoms with Crippen molar-refractivity contribution in [2.75, 3.05) is 9.96 Å². The van der Waals surface area contributed by atoms with E-state index in [0.717, 1.165) is 11.3 Å². The lowest BCUT2D eigenvalue weighted by molar-refractivity contribution is -0.126. The number of rotatable bonds is 3. The fourth-order valence-electron chi connectivity index (χ4n) is 4.09. The molecule has 0 aliphatic carbocycles. The fourth-order valence-corrected chi connectivity index (χ4v) is 4.41. The summed E-state index contributed by atoms with van der Waals surface area (Å²) < 4.78 is 0. The van der Waals surface area contributed by atoms with Gasteiger partial charge in [-0.2, -0.15) is 0 Å². The van der Waals surface area contributed by atoms with E-state index in [1.165, 1.54) is 4.90 Å². The summed E-state index contributed by atoms with van der Waals surface area (Å²) in [6, 6.07) is 22.8. The molecule has 30 heavy (non-hydrogen) atoms. The van der Waals surface area contributed by atoms with Gasteiger partial charge in [0.1, 0.15) is 5.92 Å². The molecule has 150 valence electrons. The second-order valence-corrected chi connectivity index (χ2v) is 8.07. The van der Waals surface area contributed by atoms with Crippen LogP contribution in [0.25, 0.3) is 0 Å². The van der Waals surface area contributed by atoms with E-state index in [9.17, 15) is 9.59 Å². The zero-order valence-electron chi connectivity index (χ0n) is 15.6. The monoisotopic (exact) mass is 438 g/mol. The molecule has 2 heterocycles. The number of fused-ring (bicyclic) bond motifs is 1. The molecule has 3 unspecified atom stereocenters. The van der Waals surface area contributed by atoms with Gasteiger partial charge in [0, 0.05) is 10.0 Å². The molecule has 7 heteroatoms. The van der Waals surface area contributed by atoms with Crippen LogP contribution in [0.15, 0.2) is 78.9 Å². The van der Waals surface area contributed by atoms with Crippen molar-refractivity contribution in [1.29, 1.82) is 0 Å².